The van der Waals surface area contributed by atoms with Crippen molar-refractivity contribution >= 4 is 34.0 Å². The molecule has 0 aliphatic heterocycles. The van der Waals surface area contributed by atoms with Gasteiger partial charge >= 0.3 is 0 Å². The normalized spacial score (nSPS) is 10.5. The van der Waals surface area contributed by atoms with Crippen molar-refractivity contribution in [2.75, 3.05) is 19.5 Å². The van der Waals surface area contributed by atoms with Gasteiger partial charge in [-0.3, -0.25) is 10.1 Å². The molecule has 26 heavy (non-hydrogen) atoms. The van der Waals surface area contributed by atoms with E-state index >= 15 is 0 Å². The first-order chi connectivity index (χ1) is 12.5. The van der Waals surface area contributed by atoms with Crippen LogP contribution >= 0.6 is 22.9 Å². The molecular weight excluding hydrogens is 379 g/mol. The van der Waals surface area contributed by atoms with Crippen LogP contribution in [-0.4, -0.2) is 25.1 Å². The third-order valence-corrected chi connectivity index (χ3v) is 4.57. The van der Waals surface area contributed by atoms with Crippen molar-refractivity contribution in [3.05, 3.63) is 58.2 Å². The van der Waals surface area contributed by atoms with Gasteiger partial charge in [0.05, 0.1) is 25.5 Å². The Labute approximate surface area is 158 Å². The van der Waals surface area contributed by atoms with E-state index in [0.717, 1.165) is 11.6 Å². The SMILES string of the molecule is COc1ccc(-c2csc(NC(=O)c3ccc(Cl)cc3F)n2)cc1OC. The fourth-order valence-corrected chi connectivity index (χ4v) is 3.17. The average Bonchev–Trinajstić information content (AvgIpc) is 3.09. The highest BCUT2D eigenvalue weighted by atomic mass is 35.5. The standard InChI is InChI=1S/C18H14ClFN2O3S/c1-24-15-6-3-10(7-16(15)25-2)14-9-26-18(21-14)22-17(23)12-5-4-11(19)8-13(12)20/h3-9H,1-2H3,(H,21,22,23). The Kier molecular flexibility index (Phi) is 5.39. The smallest absolute Gasteiger partial charge is 0.260 e. The molecular formula is C18H14ClFN2O3S. The maximum Gasteiger partial charge on any atom is 0.260 e. The maximum absolute atomic E-state index is 13.8. The van der Waals surface area contributed by atoms with Crippen molar-refractivity contribution in [3.8, 4) is 22.8 Å². The van der Waals surface area contributed by atoms with Crippen molar-refractivity contribution in [1.29, 1.82) is 0 Å². The van der Waals surface area contributed by atoms with Crippen LogP contribution in [-0.2, 0) is 0 Å². The second kappa shape index (κ2) is 7.72. The summed E-state index contributed by atoms with van der Waals surface area (Å²) in [5.74, 6) is -0.0934. The molecule has 1 amide bonds. The number of ether oxygens (including phenoxy) is 2. The molecule has 0 saturated heterocycles. The highest BCUT2D eigenvalue weighted by molar-refractivity contribution is 7.14. The molecule has 0 radical (unpaired) electrons. The lowest BCUT2D eigenvalue weighted by Gasteiger charge is -2.08. The Morgan fingerprint density at radius 2 is 1.92 bits per heavy atom. The van der Waals surface area contributed by atoms with Crippen LogP contribution in [0.25, 0.3) is 11.3 Å². The molecule has 0 aliphatic carbocycles. The summed E-state index contributed by atoms with van der Waals surface area (Å²) < 4.78 is 24.3. The number of benzene rings is 2. The Hall–Kier alpha value is -2.64. The molecule has 3 rings (SSSR count). The maximum atomic E-state index is 13.8. The monoisotopic (exact) mass is 392 g/mol. The van der Waals surface area contributed by atoms with Gasteiger partial charge in [-0.2, -0.15) is 0 Å². The summed E-state index contributed by atoms with van der Waals surface area (Å²) >= 11 is 6.93. The van der Waals surface area contributed by atoms with E-state index in [1.807, 2.05) is 6.07 Å². The fraction of sp³-hybridized carbons (Fsp3) is 0.111. The molecule has 0 fully saturated rings. The second-order valence-corrected chi connectivity index (χ2v) is 6.48. The number of thiazole rings is 1. The first-order valence-electron chi connectivity index (χ1n) is 7.46. The predicted molar refractivity (Wildman–Crippen MR) is 100 cm³/mol. The second-order valence-electron chi connectivity index (χ2n) is 5.19. The topological polar surface area (TPSA) is 60.5 Å². The van der Waals surface area contributed by atoms with Gasteiger partial charge in [-0.15, -0.1) is 11.3 Å². The highest BCUT2D eigenvalue weighted by Gasteiger charge is 2.15. The van der Waals surface area contributed by atoms with E-state index < -0.39 is 11.7 Å². The molecule has 0 bridgehead atoms. The minimum absolute atomic E-state index is 0.0998. The molecule has 1 aromatic heterocycles. The van der Waals surface area contributed by atoms with Crippen molar-refractivity contribution in [2.45, 2.75) is 0 Å². The van der Waals surface area contributed by atoms with E-state index in [1.165, 1.54) is 23.5 Å². The number of hydrogen-bond donors (Lipinski definition) is 1. The third kappa shape index (κ3) is 3.79. The van der Waals surface area contributed by atoms with Crippen LogP contribution in [0.5, 0.6) is 11.5 Å². The van der Waals surface area contributed by atoms with Crippen LogP contribution in [0.2, 0.25) is 5.02 Å². The molecule has 3 aromatic rings. The summed E-state index contributed by atoms with van der Waals surface area (Å²) in [6, 6.07) is 9.27. The quantitative estimate of drug-likeness (QED) is 0.672. The number of nitrogens with one attached hydrogen (secondary N) is 1. The van der Waals surface area contributed by atoms with Crippen LogP contribution in [0.3, 0.4) is 0 Å². The molecule has 8 heteroatoms. The van der Waals surface area contributed by atoms with E-state index in [-0.39, 0.29) is 10.6 Å². The predicted octanol–water partition coefficient (Wildman–Crippen LogP) is 4.87. The van der Waals surface area contributed by atoms with E-state index in [2.05, 4.69) is 10.3 Å². The Morgan fingerprint density at radius 3 is 2.62 bits per heavy atom. The van der Waals surface area contributed by atoms with Crippen LogP contribution in [0.4, 0.5) is 9.52 Å². The summed E-state index contributed by atoms with van der Waals surface area (Å²) in [7, 11) is 3.11. The van der Waals surface area contributed by atoms with Gasteiger partial charge in [0.2, 0.25) is 0 Å². The third-order valence-electron chi connectivity index (χ3n) is 3.58. The van der Waals surface area contributed by atoms with Gasteiger partial charge in [0, 0.05) is 16.0 Å². The molecule has 1 N–H and O–H groups in total. The van der Waals surface area contributed by atoms with Crippen LogP contribution < -0.4 is 14.8 Å². The molecule has 1 heterocycles. The first-order valence-corrected chi connectivity index (χ1v) is 8.72. The molecule has 0 atom stereocenters. The summed E-state index contributed by atoms with van der Waals surface area (Å²) in [5, 5.41) is 4.96. The molecule has 134 valence electrons. The Morgan fingerprint density at radius 1 is 1.15 bits per heavy atom. The van der Waals surface area contributed by atoms with Gasteiger partial charge in [-0.1, -0.05) is 11.6 Å². The van der Waals surface area contributed by atoms with Gasteiger partial charge in [0.15, 0.2) is 16.6 Å². The number of anilines is 1. The lowest BCUT2D eigenvalue weighted by molar-refractivity contribution is 0.102. The van der Waals surface area contributed by atoms with Gasteiger partial charge in [0.25, 0.3) is 5.91 Å². The summed E-state index contributed by atoms with van der Waals surface area (Å²) in [6.07, 6.45) is 0. The van der Waals surface area contributed by atoms with E-state index in [9.17, 15) is 9.18 Å². The molecule has 0 saturated carbocycles. The van der Waals surface area contributed by atoms with Crippen molar-refractivity contribution in [2.24, 2.45) is 0 Å². The van der Waals surface area contributed by atoms with E-state index in [4.69, 9.17) is 21.1 Å². The van der Waals surface area contributed by atoms with E-state index in [1.54, 1.807) is 31.7 Å². The molecule has 0 spiro atoms. The number of methoxy groups -OCH3 is 2. The number of carbonyl (C=O) groups excluding carboxylic acids is 1. The summed E-state index contributed by atoms with van der Waals surface area (Å²) in [6.45, 7) is 0. The number of hydrogen-bond acceptors (Lipinski definition) is 5. The van der Waals surface area contributed by atoms with Gasteiger partial charge in [0.1, 0.15) is 5.82 Å². The lowest BCUT2D eigenvalue weighted by atomic mass is 10.1. The number of carbonyl (C=O) groups is 1. The van der Waals surface area contributed by atoms with Crippen LogP contribution in [0, 0.1) is 5.82 Å². The molecule has 0 aliphatic rings. The molecule has 2 aromatic carbocycles. The van der Waals surface area contributed by atoms with Gasteiger partial charge in [-0.25, -0.2) is 9.37 Å². The zero-order valence-electron chi connectivity index (χ0n) is 13.9. The highest BCUT2D eigenvalue weighted by Crippen LogP contribution is 2.33. The zero-order chi connectivity index (χ0) is 18.7. The zero-order valence-corrected chi connectivity index (χ0v) is 15.5. The number of nitrogens with zero attached hydrogens (tertiary/aromatic N) is 1. The number of halogens is 2. The first kappa shape index (κ1) is 18.2. The molecule has 5 nitrogen and oxygen atoms in total. The van der Waals surface area contributed by atoms with Gasteiger partial charge < -0.3 is 9.47 Å². The Balaban J connectivity index is 1.81. The summed E-state index contributed by atoms with van der Waals surface area (Å²) in [5.41, 5.74) is 1.36. The minimum Gasteiger partial charge on any atom is -0.493 e. The average molecular weight is 393 g/mol. The largest absolute Gasteiger partial charge is 0.493 e. The minimum atomic E-state index is -0.688. The lowest BCUT2D eigenvalue weighted by Crippen LogP contribution is -2.13. The molecule has 0 unspecified atom stereocenters. The van der Waals surface area contributed by atoms with Crippen LogP contribution in [0.1, 0.15) is 10.4 Å². The summed E-state index contributed by atoms with van der Waals surface area (Å²) in [4.78, 5) is 16.6. The Bertz CT molecular complexity index is 961. The van der Waals surface area contributed by atoms with Gasteiger partial charge in [-0.05, 0) is 36.4 Å². The van der Waals surface area contributed by atoms with E-state index in [0.29, 0.717) is 22.3 Å². The fourth-order valence-electron chi connectivity index (χ4n) is 2.30. The van der Waals surface area contributed by atoms with Crippen molar-refractivity contribution in [3.63, 3.8) is 0 Å². The van der Waals surface area contributed by atoms with Crippen molar-refractivity contribution in [1.82, 2.24) is 4.98 Å². The number of aromatic nitrogens is 1. The number of rotatable bonds is 5. The van der Waals surface area contributed by atoms with Crippen LogP contribution in [0.15, 0.2) is 41.8 Å². The number of amides is 1. The van der Waals surface area contributed by atoms with Crippen molar-refractivity contribution < 1.29 is 18.7 Å².